The Morgan fingerprint density at radius 2 is 1.37 bits per heavy atom. The molecule has 0 aliphatic heterocycles. The number of hydrogen-bond acceptors (Lipinski definition) is 1. The van der Waals surface area contributed by atoms with Gasteiger partial charge < -0.3 is 0 Å². The first kappa shape index (κ1) is 47.0. The molecule has 0 bridgehead atoms. The Kier molecular flexibility index (Phi) is 41.5. The van der Waals surface area contributed by atoms with Crippen LogP contribution in [0.1, 0.15) is 103 Å². The molecule has 226 valence electrons. The van der Waals surface area contributed by atoms with Crippen LogP contribution >= 0.6 is 0 Å². The molecule has 0 aliphatic rings. The summed E-state index contributed by atoms with van der Waals surface area (Å²) in [6.07, 6.45) is 15.7. The second-order valence-corrected chi connectivity index (χ2v) is 8.83. The minimum absolute atomic E-state index is 0.746. The lowest BCUT2D eigenvalue weighted by molar-refractivity contribution is 1.11. The van der Waals surface area contributed by atoms with Crippen LogP contribution < -0.4 is 0 Å². The summed E-state index contributed by atoms with van der Waals surface area (Å²) >= 11 is 0. The topological polar surface area (TPSA) is 12.4 Å². The molecular formula is C40H61N. The second-order valence-electron chi connectivity index (χ2n) is 8.83. The summed E-state index contributed by atoms with van der Waals surface area (Å²) in [5, 5.41) is 0. The summed E-state index contributed by atoms with van der Waals surface area (Å²) in [6, 6.07) is 14.7. The van der Waals surface area contributed by atoms with Gasteiger partial charge in [-0.25, -0.2) is 0 Å². The summed E-state index contributed by atoms with van der Waals surface area (Å²) in [7, 11) is 0. The number of aryl methyl sites for hydroxylation is 3. The Labute approximate surface area is 257 Å². The molecule has 0 aliphatic carbocycles. The van der Waals surface area contributed by atoms with Gasteiger partial charge in [0.1, 0.15) is 0 Å². The van der Waals surface area contributed by atoms with Crippen molar-refractivity contribution in [1.29, 1.82) is 0 Å². The molecule has 2 rings (SSSR count). The average molecular weight is 556 g/mol. The van der Waals surface area contributed by atoms with E-state index in [9.17, 15) is 0 Å². The molecule has 0 atom stereocenters. The summed E-state index contributed by atoms with van der Waals surface area (Å²) in [5.41, 5.74) is 9.34. The lowest BCUT2D eigenvalue weighted by atomic mass is 10.0. The van der Waals surface area contributed by atoms with Gasteiger partial charge in [-0.15, -0.1) is 51.0 Å². The van der Waals surface area contributed by atoms with Crippen LogP contribution in [0.25, 0.3) is 5.70 Å². The summed E-state index contributed by atoms with van der Waals surface area (Å²) < 4.78 is 0. The summed E-state index contributed by atoms with van der Waals surface area (Å²) in [6.45, 7) is 39.2. The van der Waals surface area contributed by atoms with Gasteiger partial charge in [-0.3, -0.25) is 4.99 Å². The van der Waals surface area contributed by atoms with Crippen LogP contribution in [0.3, 0.4) is 0 Å². The number of allylic oxidation sites excluding steroid dienone is 2. The SMILES string of the molecule is C#CCC.C#CCc1ccc(CC)cc1C.C=C.C=C(C)C.C=C(N=C(C)C)c1cccc(C)c1.C=CCC.CC. The Morgan fingerprint density at radius 1 is 0.878 bits per heavy atom. The summed E-state index contributed by atoms with van der Waals surface area (Å²) in [5.74, 6) is 5.09. The molecule has 41 heavy (non-hydrogen) atoms. The molecular weight excluding hydrogens is 494 g/mol. The normalized spacial score (nSPS) is 7.73. The highest BCUT2D eigenvalue weighted by atomic mass is 14.7. The molecule has 0 unspecified atom stereocenters. The van der Waals surface area contributed by atoms with E-state index in [1.165, 1.54) is 27.8 Å². The maximum absolute atomic E-state index is 5.25. The van der Waals surface area contributed by atoms with E-state index in [0.29, 0.717) is 0 Å². The van der Waals surface area contributed by atoms with Crippen LogP contribution in [0.4, 0.5) is 0 Å². The van der Waals surface area contributed by atoms with Crippen molar-refractivity contribution in [3.8, 4) is 24.7 Å². The van der Waals surface area contributed by atoms with Crippen LogP contribution in [0.2, 0.25) is 0 Å². The van der Waals surface area contributed by atoms with Gasteiger partial charge in [0.05, 0.1) is 5.70 Å². The molecule has 0 N–H and O–H groups in total. The number of benzene rings is 2. The van der Waals surface area contributed by atoms with Crippen molar-refractivity contribution in [3.63, 3.8) is 0 Å². The van der Waals surface area contributed by atoms with Crippen molar-refractivity contribution < 1.29 is 0 Å². The molecule has 0 saturated carbocycles. The molecule has 0 radical (unpaired) electrons. The second kappa shape index (κ2) is 36.2. The standard InChI is InChI=1S/C12H15N.C12H14.2C4H8.C4H6.C2H6.C2H4/c1-9(2)13-11(4)12-7-5-6-10(3)8-12;1-4-6-12-8-7-11(5-2)9-10(12)3;1-4(2)3;2*1-3-4-2;2*1-2/h5-8H,4H2,1-3H3;1,7-9H,5-6H2,2-3H3;1H2,2-3H3;3H,1,4H2,2H3;1H,4H2,2H3;1-2H3;1-2H2. The Bertz CT molecular complexity index is 1040. The van der Waals surface area contributed by atoms with Crippen molar-refractivity contribution in [2.24, 2.45) is 4.99 Å². The molecule has 0 aromatic heterocycles. The van der Waals surface area contributed by atoms with Gasteiger partial charge in [-0.1, -0.05) is 94.8 Å². The Morgan fingerprint density at radius 3 is 1.68 bits per heavy atom. The zero-order valence-corrected chi connectivity index (χ0v) is 28.6. The van der Waals surface area contributed by atoms with E-state index in [1.807, 2.05) is 66.7 Å². The highest BCUT2D eigenvalue weighted by molar-refractivity contribution is 5.85. The molecule has 0 amide bonds. The van der Waals surface area contributed by atoms with Crippen molar-refractivity contribution in [3.05, 3.63) is 115 Å². The maximum Gasteiger partial charge on any atom is 0.0629 e. The van der Waals surface area contributed by atoms with Crippen LogP contribution in [0.15, 0.2) is 92.0 Å². The quantitative estimate of drug-likeness (QED) is 0.198. The van der Waals surface area contributed by atoms with Crippen molar-refractivity contribution in [1.82, 2.24) is 0 Å². The number of terminal acetylenes is 2. The molecule has 1 heteroatoms. The van der Waals surface area contributed by atoms with Gasteiger partial charge in [-0.2, -0.15) is 0 Å². The number of aliphatic imine (C=N–C) groups is 1. The zero-order valence-electron chi connectivity index (χ0n) is 28.6. The van der Waals surface area contributed by atoms with E-state index in [2.05, 4.69) is 108 Å². The minimum atomic E-state index is 0.746. The number of rotatable bonds is 5. The van der Waals surface area contributed by atoms with E-state index in [-0.39, 0.29) is 0 Å². The first-order chi connectivity index (χ1) is 19.4. The van der Waals surface area contributed by atoms with E-state index < -0.39 is 0 Å². The van der Waals surface area contributed by atoms with Gasteiger partial charge in [-0.05, 0) is 82.7 Å². The summed E-state index contributed by atoms with van der Waals surface area (Å²) in [4.78, 5) is 4.31. The molecule has 0 spiro atoms. The highest BCUT2D eigenvalue weighted by Crippen LogP contribution is 2.15. The maximum atomic E-state index is 5.25. The van der Waals surface area contributed by atoms with Gasteiger partial charge in [0.2, 0.25) is 0 Å². The Balaban J connectivity index is -0.000000141. The lowest BCUT2D eigenvalue weighted by Gasteiger charge is -2.03. The zero-order chi connectivity index (χ0) is 33.2. The largest absolute Gasteiger partial charge is 0.258 e. The monoisotopic (exact) mass is 555 g/mol. The van der Waals surface area contributed by atoms with Crippen molar-refractivity contribution in [2.45, 2.75) is 102 Å². The third kappa shape index (κ3) is 36.2. The predicted molar refractivity (Wildman–Crippen MR) is 195 cm³/mol. The van der Waals surface area contributed by atoms with Crippen LogP contribution in [0, 0.1) is 38.5 Å². The molecule has 0 fully saturated rings. The van der Waals surface area contributed by atoms with Gasteiger partial charge in [0, 0.05) is 18.6 Å². The third-order valence-corrected chi connectivity index (χ3v) is 4.31. The first-order valence-corrected chi connectivity index (χ1v) is 14.4. The number of hydrogen-bond donors (Lipinski definition) is 0. The van der Waals surface area contributed by atoms with E-state index in [0.717, 1.165) is 42.7 Å². The molecule has 2 aromatic carbocycles. The molecule has 0 heterocycles. The van der Waals surface area contributed by atoms with Crippen LogP contribution in [-0.2, 0) is 12.8 Å². The van der Waals surface area contributed by atoms with Crippen molar-refractivity contribution >= 4 is 11.4 Å². The predicted octanol–water partition coefficient (Wildman–Crippen LogP) is 12.2. The lowest BCUT2D eigenvalue weighted by Crippen LogP contribution is -1.89. The molecule has 2 aromatic rings. The van der Waals surface area contributed by atoms with Gasteiger partial charge >= 0.3 is 0 Å². The molecule has 0 saturated heterocycles. The highest BCUT2D eigenvalue weighted by Gasteiger charge is 1.97. The van der Waals surface area contributed by atoms with Gasteiger partial charge in [0.15, 0.2) is 0 Å². The average Bonchev–Trinajstić information content (AvgIpc) is 2.96. The fourth-order valence-corrected chi connectivity index (χ4v) is 2.45. The van der Waals surface area contributed by atoms with E-state index in [4.69, 9.17) is 12.8 Å². The van der Waals surface area contributed by atoms with E-state index in [1.54, 1.807) is 0 Å². The van der Waals surface area contributed by atoms with Crippen LogP contribution in [-0.4, -0.2) is 5.71 Å². The molecule has 1 nitrogen and oxygen atoms in total. The Hall–Kier alpha value is -3.81. The first-order valence-electron chi connectivity index (χ1n) is 14.4. The van der Waals surface area contributed by atoms with Crippen molar-refractivity contribution in [2.75, 3.05) is 0 Å². The number of nitrogens with zero attached hydrogens (tertiary/aromatic N) is 1. The van der Waals surface area contributed by atoms with E-state index >= 15 is 0 Å². The minimum Gasteiger partial charge on any atom is -0.258 e. The fraction of sp³-hybridized carbons (Fsp3) is 0.375. The van der Waals surface area contributed by atoms with Gasteiger partial charge in [0.25, 0.3) is 0 Å². The van der Waals surface area contributed by atoms with Crippen LogP contribution in [0.5, 0.6) is 0 Å². The smallest absolute Gasteiger partial charge is 0.0629 e. The fourth-order valence-electron chi connectivity index (χ4n) is 2.45. The third-order valence-electron chi connectivity index (χ3n) is 4.31.